The van der Waals surface area contributed by atoms with E-state index in [0.29, 0.717) is 0 Å². The number of nitrogens with one attached hydrogen (secondary N) is 1. The molecule has 2 aliphatic rings. The number of hydrogen-bond donors (Lipinski definition) is 1. The van der Waals surface area contributed by atoms with E-state index in [2.05, 4.69) is 102 Å². The van der Waals surface area contributed by atoms with Crippen LogP contribution < -0.4 is 5.32 Å². The molecule has 0 atom stereocenters. The number of anilines is 1. The van der Waals surface area contributed by atoms with Crippen molar-refractivity contribution in [1.29, 1.82) is 0 Å². The third kappa shape index (κ3) is 3.72. The van der Waals surface area contributed by atoms with Gasteiger partial charge in [-0.05, 0) is 61.1 Å². The summed E-state index contributed by atoms with van der Waals surface area (Å²) in [7, 11) is 0. The fourth-order valence-corrected chi connectivity index (χ4v) is 5.33. The highest BCUT2D eigenvalue weighted by atomic mass is 15.2. The molecule has 5 rings (SSSR count). The van der Waals surface area contributed by atoms with Crippen LogP contribution in [0.2, 0.25) is 0 Å². The molecule has 2 aliphatic heterocycles. The normalized spacial score (nSPS) is 17.8. The first-order valence-corrected chi connectivity index (χ1v) is 11.8. The van der Waals surface area contributed by atoms with Gasteiger partial charge < -0.3 is 9.88 Å². The van der Waals surface area contributed by atoms with E-state index in [0.717, 1.165) is 45.3 Å². The van der Waals surface area contributed by atoms with Gasteiger partial charge >= 0.3 is 0 Å². The van der Waals surface area contributed by atoms with Crippen molar-refractivity contribution in [2.24, 2.45) is 0 Å². The molecule has 3 heterocycles. The van der Waals surface area contributed by atoms with Crippen molar-refractivity contribution >= 4 is 11.8 Å². The predicted octanol–water partition coefficient (Wildman–Crippen LogP) is 6.25. The molecule has 0 bridgehead atoms. The zero-order valence-electron chi connectivity index (χ0n) is 18.8. The number of benzene rings is 2. The molecule has 0 aliphatic carbocycles. The minimum atomic E-state index is 0.0409. The van der Waals surface area contributed by atoms with Crippen LogP contribution in [0.1, 0.15) is 49.9 Å². The largest absolute Gasteiger partial charge is 0.372 e. The molecule has 0 unspecified atom stereocenters. The van der Waals surface area contributed by atoms with E-state index < -0.39 is 0 Å². The second-order valence-electron chi connectivity index (χ2n) is 8.97. The Morgan fingerprint density at radius 3 is 2.55 bits per heavy atom. The highest BCUT2D eigenvalue weighted by molar-refractivity contribution is 5.67. The van der Waals surface area contributed by atoms with Crippen LogP contribution in [-0.2, 0) is 12.0 Å². The summed E-state index contributed by atoms with van der Waals surface area (Å²) in [6, 6.07) is 22.0. The summed E-state index contributed by atoms with van der Waals surface area (Å²) in [5.74, 6) is 0. The van der Waals surface area contributed by atoms with Gasteiger partial charge in [0, 0.05) is 31.5 Å². The van der Waals surface area contributed by atoms with Crippen LogP contribution in [0.4, 0.5) is 5.69 Å². The Bertz CT molecular complexity index is 1080. The third-order valence-electron chi connectivity index (χ3n) is 7.16. The van der Waals surface area contributed by atoms with Crippen LogP contribution in [0.3, 0.4) is 0 Å². The molecule has 2 aromatic carbocycles. The van der Waals surface area contributed by atoms with Gasteiger partial charge in [-0.2, -0.15) is 0 Å². The van der Waals surface area contributed by atoms with E-state index in [1.807, 2.05) is 0 Å². The summed E-state index contributed by atoms with van der Waals surface area (Å²) in [5.41, 5.74) is 8.33. The molecule has 0 saturated carbocycles. The summed E-state index contributed by atoms with van der Waals surface area (Å²) >= 11 is 0. The number of piperidine rings is 1. The van der Waals surface area contributed by atoms with Crippen molar-refractivity contribution in [2.45, 2.75) is 45.1 Å². The van der Waals surface area contributed by atoms with Crippen molar-refractivity contribution in [2.75, 3.05) is 25.0 Å². The van der Waals surface area contributed by atoms with Crippen molar-refractivity contribution in [3.8, 4) is 5.69 Å². The lowest BCUT2D eigenvalue weighted by Gasteiger charge is -2.46. The monoisotopic (exact) mass is 411 g/mol. The van der Waals surface area contributed by atoms with E-state index in [1.165, 1.54) is 33.8 Å². The number of nitrogens with zero attached hydrogens (tertiary/aromatic N) is 2. The molecule has 160 valence electrons. The number of fused-ring (bicyclic) bond motifs is 4. The Kier molecular flexibility index (Phi) is 5.45. The Hall–Kier alpha value is -2.78. The van der Waals surface area contributed by atoms with Gasteiger partial charge in [-0.1, -0.05) is 61.9 Å². The molecule has 1 N–H and O–H groups in total. The molecule has 3 nitrogen and oxygen atoms in total. The van der Waals surface area contributed by atoms with Crippen LogP contribution in [0.5, 0.6) is 0 Å². The van der Waals surface area contributed by atoms with Crippen LogP contribution in [0, 0.1) is 0 Å². The summed E-state index contributed by atoms with van der Waals surface area (Å²) in [6.07, 6.45) is 9.11. The van der Waals surface area contributed by atoms with E-state index >= 15 is 0 Å². The summed E-state index contributed by atoms with van der Waals surface area (Å²) < 4.78 is 2.39. The topological polar surface area (TPSA) is 20.2 Å². The first kappa shape index (κ1) is 20.1. The second-order valence-corrected chi connectivity index (χ2v) is 8.97. The maximum absolute atomic E-state index is 3.94. The first-order valence-electron chi connectivity index (χ1n) is 11.8. The van der Waals surface area contributed by atoms with Gasteiger partial charge in [0.15, 0.2) is 0 Å². The van der Waals surface area contributed by atoms with Crippen molar-refractivity contribution in [3.05, 3.63) is 89.3 Å². The van der Waals surface area contributed by atoms with Crippen molar-refractivity contribution < 1.29 is 0 Å². The molecule has 0 amide bonds. The fourth-order valence-electron chi connectivity index (χ4n) is 5.33. The van der Waals surface area contributed by atoms with Gasteiger partial charge in [-0.15, -0.1) is 0 Å². The van der Waals surface area contributed by atoms with E-state index in [9.17, 15) is 0 Å². The third-order valence-corrected chi connectivity index (χ3v) is 7.16. The molecular formula is C28H33N3. The SMILES string of the molecule is CCC(=Cc1ccccc1CC)CN1CCC2(CC1)Nc1ccccc1-n1cccc12. The van der Waals surface area contributed by atoms with Gasteiger partial charge in [0.25, 0.3) is 0 Å². The zero-order valence-corrected chi connectivity index (χ0v) is 18.8. The fraction of sp³-hybridized carbons (Fsp3) is 0.357. The Morgan fingerprint density at radius 2 is 1.74 bits per heavy atom. The molecular weight excluding hydrogens is 378 g/mol. The number of hydrogen-bond acceptors (Lipinski definition) is 2. The Labute approximate surface area is 186 Å². The summed E-state index contributed by atoms with van der Waals surface area (Å²) in [6.45, 7) is 7.84. The van der Waals surface area contributed by atoms with Crippen LogP contribution in [0.15, 0.2) is 72.4 Å². The highest BCUT2D eigenvalue weighted by Gasteiger charge is 2.41. The van der Waals surface area contributed by atoms with Gasteiger partial charge in [0.2, 0.25) is 0 Å². The molecule has 1 saturated heterocycles. The maximum Gasteiger partial charge on any atom is 0.0804 e. The molecule has 3 aromatic rings. The van der Waals surface area contributed by atoms with E-state index in [1.54, 1.807) is 0 Å². The summed E-state index contributed by atoms with van der Waals surface area (Å²) in [5, 5.41) is 3.94. The number of likely N-dealkylation sites (tertiary alicyclic amines) is 1. The van der Waals surface area contributed by atoms with Gasteiger partial charge in [-0.3, -0.25) is 4.90 Å². The lowest BCUT2D eigenvalue weighted by molar-refractivity contribution is 0.179. The number of aryl methyl sites for hydroxylation is 1. The minimum Gasteiger partial charge on any atom is -0.372 e. The zero-order chi connectivity index (χ0) is 21.3. The first-order chi connectivity index (χ1) is 15.2. The highest BCUT2D eigenvalue weighted by Crippen LogP contribution is 2.43. The molecule has 3 heteroatoms. The Balaban J connectivity index is 1.32. The molecule has 31 heavy (non-hydrogen) atoms. The lowest BCUT2D eigenvalue weighted by Crippen LogP contribution is -2.49. The van der Waals surface area contributed by atoms with Crippen molar-refractivity contribution in [1.82, 2.24) is 9.47 Å². The molecule has 1 spiro atoms. The number of rotatable bonds is 5. The Morgan fingerprint density at radius 1 is 0.968 bits per heavy atom. The lowest BCUT2D eigenvalue weighted by atomic mass is 9.82. The van der Waals surface area contributed by atoms with Gasteiger partial charge in [0.1, 0.15) is 0 Å². The molecule has 1 aromatic heterocycles. The smallest absolute Gasteiger partial charge is 0.0804 e. The average molecular weight is 412 g/mol. The summed E-state index contributed by atoms with van der Waals surface area (Å²) in [4.78, 5) is 2.64. The minimum absolute atomic E-state index is 0.0409. The number of para-hydroxylation sites is 2. The number of aromatic nitrogens is 1. The van der Waals surface area contributed by atoms with Gasteiger partial charge in [0.05, 0.1) is 16.9 Å². The van der Waals surface area contributed by atoms with Crippen molar-refractivity contribution in [3.63, 3.8) is 0 Å². The average Bonchev–Trinajstić information content (AvgIpc) is 3.32. The second kappa shape index (κ2) is 8.39. The quantitative estimate of drug-likeness (QED) is 0.535. The standard InChI is InChI=1S/C28H33N3/c1-3-22(20-24-11-6-5-10-23(24)4-2)21-30-18-15-28(16-19-30)27-14-9-17-31(27)26-13-8-7-12-25(26)29-28/h5-14,17,20,29H,3-4,15-16,18-19,21H2,1-2H3. The van der Waals surface area contributed by atoms with Crippen LogP contribution in [-0.4, -0.2) is 29.1 Å². The van der Waals surface area contributed by atoms with E-state index in [4.69, 9.17) is 0 Å². The molecule has 1 fully saturated rings. The van der Waals surface area contributed by atoms with Gasteiger partial charge in [-0.25, -0.2) is 0 Å². The predicted molar refractivity (Wildman–Crippen MR) is 131 cm³/mol. The molecule has 0 radical (unpaired) electrons. The maximum atomic E-state index is 3.94. The van der Waals surface area contributed by atoms with Crippen LogP contribution in [0.25, 0.3) is 11.8 Å². The van der Waals surface area contributed by atoms with E-state index in [-0.39, 0.29) is 5.54 Å². The van der Waals surface area contributed by atoms with Crippen LogP contribution >= 0.6 is 0 Å².